The molecule has 1 atom stereocenters. The number of hydrogen-bond acceptors (Lipinski definition) is 7. The zero-order valence-electron chi connectivity index (χ0n) is 12.7. The van der Waals surface area contributed by atoms with Crippen molar-refractivity contribution in [2.45, 2.75) is 19.8 Å². The highest BCUT2D eigenvalue weighted by atomic mass is 16.5. The van der Waals surface area contributed by atoms with Crippen LogP contribution in [0.4, 0.5) is 0 Å². The number of benzene rings is 1. The molecule has 7 nitrogen and oxygen atoms in total. The molecule has 23 heavy (non-hydrogen) atoms. The van der Waals surface area contributed by atoms with Crippen LogP contribution < -0.4 is 5.73 Å². The number of aromatic hydroxyl groups is 2. The number of esters is 1. The van der Waals surface area contributed by atoms with Crippen LogP contribution in [0, 0.1) is 11.3 Å². The van der Waals surface area contributed by atoms with Gasteiger partial charge < -0.3 is 25.4 Å². The Morgan fingerprint density at radius 3 is 2.70 bits per heavy atom. The molecule has 1 aromatic carbocycles. The van der Waals surface area contributed by atoms with Crippen LogP contribution in [0.15, 0.2) is 41.0 Å². The summed E-state index contributed by atoms with van der Waals surface area (Å²) in [4.78, 5) is 12.3. The Bertz CT molecular complexity index is 758. The average molecular weight is 316 g/mol. The zero-order valence-corrected chi connectivity index (χ0v) is 12.7. The molecule has 1 aliphatic rings. The average Bonchev–Trinajstić information content (AvgIpc) is 2.49. The normalized spacial score (nSPS) is 17.5. The van der Waals surface area contributed by atoms with Gasteiger partial charge in [-0.2, -0.15) is 5.26 Å². The number of rotatable bonds is 3. The van der Waals surface area contributed by atoms with Gasteiger partial charge >= 0.3 is 5.97 Å². The summed E-state index contributed by atoms with van der Waals surface area (Å²) >= 11 is 0. The first kappa shape index (κ1) is 16.2. The lowest BCUT2D eigenvalue weighted by molar-refractivity contribution is -0.139. The fourth-order valence-corrected chi connectivity index (χ4v) is 2.41. The number of carbonyl (C=O) groups excluding carboxylic acids is 1. The number of ether oxygens (including phenoxy) is 2. The first-order chi connectivity index (χ1) is 10.9. The topological polar surface area (TPSA) is 126 Å². The van der Waals surface area contributed by atoms with Crippen molar-refractivity contribution >= 4 is 5.97 Å². The molecule has 0 spiro atoms. The van der Waals surface area contributed by atoms with Crippen molar-refractivity contribution in [1.29, 1.82) is 5.26 Å². The maximum Gasteiger partial charge on any atom is 0.338 e. The van der Waals surface area contributed by atoms with E-state index in [2.05, 4.69) is 0 Å². The van der Waals surface area contributed by atoms with E-state index in [4.69, 9.17) is 15.2 Å². The van der Waals surface area contributed by atoms with Crippen LogP contribution in [-0.2, 0) is 14.3 Å². The maximum absolute atomic E-state index is 12.3. The number of nitrogens with zero attached hydrogens (tertiary/aromatic N) is 1. The lowest BCUT2D eigenvalue weighted by Crippen LogP contribution is -2.25. The third kappa shape index (κ3) is 2.92. The molecule has 1 aromatic rings. The molecule has 2 rings (SSSR count). The third-order valence-corrected chi connectivity index (χ3v) is 3.43. The Labute approximate surface area is 132 Å². The maximum atomic E-state index is 12.3. The molecule has 0 aliphatic carbocycles. The van der Waals surface area contributed by atoms with E-state index >= 15 is 0 Å². The van der Waals surface area contributed by atoms with Gasteiger partial charge in [0.15, 0.2) is 11.5 Å². The van der Waals surface area contributed by atoms with Crippen LogP contribution in [0.1, 0.15) is 25.3 Å². The molecular weight excluding hydrogens is 300 g/mol. The van der Waals surface area contributed by atoms with Gasteiger partial charge in [0.2, 0.25) is 5.88 Å². The molecule has 0 bridgehead atoms. The Morgan fingerprint density at radius 1 is 1.43 bits per heavy atom. The minimum Gasteiger partial charge on any atom is -0.504 e. The molecule has 120 valence electrons. The summed E-state index contributed by atoms with van der Waals surface area (Å²) in [6.07, 6.45) is 0. The number of carbonyl (C=O) groups is 1. The largest absolute Gasteiger partial charge is 0.504 e. The van der Waals surface area contributed by atoms with Gasteiger partial charge in [-0.15, -0.1) is 0 Å². The van der Waals surface area contributed by atoms with Crippen molar-refractivity contribution in [3.05, 3.63) is 46.6 Å². The summed E-state index contributed by atoms with van der Waals surface area (Å²) in [6, 6.07) is 5.95. The summed E-state index contributed by atoms with van der Waals surface area (Å²) in [7, 11) is 0. The Hall–Kier alpha value is -3.14. The predicted octanol–water partition coefficient (Wildman–Crippen LogP) is 1.74. The van der Waals surface area contributed by atoms with Crippen molar-refractivity contribution in [3.8, 4) is 17.6 Å². The first-order valence-corrected chi connectivity index (χ1v) is 6.88. The van der Waals surface area contributed by atoms with Gasteiger partial charge in [-0.05, 0) is 31.5 Å². The Kier molecular flexibility index (Phi) is 4.46. The quantitative estimate of drug-likeness (QED) is 0.572. The van der Waals surface area contributed by atoms with E-state index in [-0.39, 0.29) is 40.9 Å². The number of allylic oxidation sites excluding steroid dienone is 2. The highest BCUT2D eigenvalue weighted by molar-refractivity contribution is 5.92. The number of hydrogen-bond donors (Lipinski definition) is 3. The van der Waals surface area contributed by atoms with E-state index in [9.17, 15) is 20.3 Å². The molecule has 0 aromatic heterocycles. The Morgan fingerprint density at radius 2 is 2.13 bits per heavy atom. The fraction of sp³-hybridized carbons (Fsp3) is 0.250. The minimum atomic E-state index is -0.848. The molecule has 0 saturated carbocycles. The van der Waals surface area contributed by atoms with Gasteiger partial charge in [0.1, 0.15) is 17.4 Å². The molecule has 0 saturated heterocycles. The molecule has 0 amide bonds. The molecule has 7 heteroatoms. The standard InChI is InChI=1S/C16H16N2O5/c1-3-22-16(21)13-8(2)23-15(18)10(7-17)14(13)9-4-5-11(19)12(20)6-9/h4-6,14,19-20H,3,18H2,1-2H3. The monoisotopic (exact) mass is 316 g/mol. The molecular formula is C16H16N2O5. The van der Waals surface area contributed by atoms with Gasteiger partial charge in [0.25, 0.3) is 0 Å². The van der Waals surface area contributed by atoms with Gasteiger partial charge in [-0.1, -0.05) is 6.07 Å². The van der Waals surface area contributed by atoms with E-state index in [1.165, 1.54) is 18.2 Å². The van der Waals surface area contributed by atoms with Crippen molar-refractivity contribution in [2.24, 2.45) is 5.73 Å². The van der Waals surface area contributed by atoms with Crippen LogP contribution in [0.3, 0.4) is 0 Å². The van der Waals surface area contributed by atoms with E-state index in [1.807, 2.05) is 6.07 Å². The number of nitriles is 1. The van der Waals surface area contributed by atoms with Crippen LogP contribution >= 0.6 is 0 Å². The smallest absolute Gasteiger partial charge is 0.338 e. The van der Waals surface area contributed by atoms with Crippen LogP contribution in [0.25, 0.3) is 0 Å². The predicted molar refractivity (Wildman–Crippen MR) is 79.8 cm³/mol. The minimum absolute atomic E-state index is 0.0312. The Balaban J connectivity index is 2.64. The molecule has 1 aliphatic heterocycles. The fourth-order valence-electron chi connectivity index (χ4n) is 2.41. The van der Waals surface area contributed by atoms with E-state index in [0.717, 1.165) is 0 Å². The molecule has 0 radical (unpaired) electrons. The first-order valence-electron chi connectivity index (χ1n) is 6.88. The second kappa shape index (κ2) is 6.32. The summed E-state index contributed by atoms with van der Waals surface area (Å²) < 4.78 is 10.3. The highest BCUT2D eigenvalue weighted by Crippen LogP contribution is 2.41. The van der Waals surface area contributed by atoms with Crippen molar-refractivity contribution < 1.29 is 24.5 Å². The van der Waals surface area contributed by atoms with Crippen LogP contribution in [0.5, 0.6) is 11.5 Å². The van der Waals surface area contributed by atoms with Gasteiger partial charge in [0, 0.05) is 0 Å². The van der Waals surface area contributed by atoms with E-state index < -0.39 is 11.9 Å². The molecule has 0 fully saturated rings. The van der Waals surface area contributed by atoms with E-state index in [1.54, 1.807) is 13.8 Å². The summed E-state index contributed by atoms with van der Waals surface area (Å²) in [5, 5.41) is 28.5. The molecule has 1 unspecified atom stereocenters. The van der Waals surface area contributed by atoms with Crippen LogP contribution in [-0.4, -0.2) is 22.8 Å². The summed E-state index contributed by atoms with van der Waals surface area (Å²) in [6.45, 7) is 3.36. The second-order valence-corrected chi connectivity index (χ2v) is 4.86. The summed E-state index contributed by atoms with van der Waals surface area (Å²) in [5.41, 5.74) is 6.32. The van der Waals surface area contributed by atoms with Crippen molar-refractivity contribution in [3.63, 3.8) is 0 Å². The van der Waals surface area contributed by atoms with Crippen molar-refractivity contribution in [1.82, 2.24) is 0 Å². The number of phenols is 2. The number of nitrogens with two attached hydrogens (primary N) is 1. The molecule has 4 N–H and O–H groups in total. The van der Waals surface area contributed by atoms with Gasteiger partial charge in [-0.25, -0.2) is 4.79 Å². The van der Waals surface area contributed by atoms with E-state index in [0.29, 0.717) is 5.56 Å². The zero-order chi connectivity index (χ0) is 17.1. The molecule has 1 heterocycles. The van der Waals surface area contributed by atoms with Gasteiger partial charge in [0.05, 0.1) is 18.1 Å². The number of phenolic OH excluding ortho intramolecular Hbond substituents is 2. The van der Waals surface area contributed by atoms with Crippen molar-refractivity contribution in [2.75, 3.05) is 6.61 Å². The lowest BCUT2D eigenvalue weighted by atomic mass is 9.83. The highest BCUT2D eigenvalue weighted by Gasteiger charge is 2.36. The lowest BCUT2D eigenvalue weighted by Gasteiger charge is -2.26. The summed E-state index contributed by atoms with van der Waals surface area (Å²) in [5.74, 6) is -2.06. The second-order valence-electron chi connectivity index (χ2n) is 4.86. The third-order valence-electron chi connectivity index (χ3n) is 3.43. The van der Waals surface area contributed by atoms with Gasteiger partial charge in [-0.3, -0.25) is 0 Å². The van der Waals surface area contributed by atoms with Crippen LogP contribution in [0.2, 0.25) is 0 Å². The SMILES string of the molecule is CCOC(=O)C1=C(C)OC(N)=C(C#N)C1c1ccc(O)c(O)c1.